The Morgan fingerprint density at radius 2 is 2.38 bits per heavy atom. The van der Waals surface area contributed by atoms with E-state index in [-0.39, 0.29) is 17.9 Å². The molecule has 7 nitrogen and oxygen atoms in total. The Hall–Kier alpha value is -1.68. The monoisotopic (exact) mass is 366 g/mol. The number of carbonyl (C=O) groups is 2. The predicted molar refractivity (Wildman–Crippen MR) is 93.7 cm³/mol. The van der Waals surface area contributed by atoms with Gasteiger partial charge in [0.25, 0.3) is 0 Å². The molecule has 3 heterocycles. The molecule has 1 saturated heterocycles. The van der Waals surface area contributed by atoms with Crippen molar-refractivity contribution in [3.8, 4) is 10.6 Å². The Morgan fingerprint density at radius 3 is 3.04 bits per heavy atom. The number of aryl methyl sites for hydroxylation is 1. The first kappa shape index (κ1) is 17.2. The van der Waals surface area contributed by atoms with E-state index >= 15 is 0 Å². The smallest absolute Gasteiger partial charge is 0.223 e. The molecule has 2 unspecified atom stereocenters. The fourth-order valence-electron chi connectivity index (χ4n) is 2.50. The normalized spacial score (nSPS) is 19.0. The third kappa shape index (κ3) is 3.69. The average molecular weight is 366 g/mol. The van der Waals surface area contributed by atoms with Crippen LogP contribution < -0.4 is 10.6 Å². The zero-order valence-electron chi connectivity index (χ0n) is 13.4. The van der Waals surface area contributed by atoms with Crippen LogP contribution in [-0.2, 0) is 14.3 Å². The van der Waals surface area contributed by atoms with E-state index in [1.54, 1.807) is 0 Å². The molecule has 0 aromatic carbocycles. The molecule has 128 valence electrons. The number of nitrogens with zero attached hydrogens (tertiary/aromatic N) is 2. The third-order valence-corrected chi connectivity index (χ3v) is 5.66. The maximum atomic E-state index is 11.5. The molecule has 1 aliphatic rings. The summed E-state index contributed by atoms with van der Waals surface area (Å²) in [5.41, 5.74) is 1.58. The van der Waals surface area contributed by atoms with Crippen LogP contribution in [0.25, 0.3) is 10.6 Å². The quantitative estimate of drug-likeness (QED) is 0.784. The van der Waals surface area contributed by atoms with Crippen molar-refractivity contribution in [3.63, 3.8) is 0 Å². The lowest BCUT2D eigenvalue weighted by Gasteiger charge is -2.26. The molecular formula is C15H18N4O3S2. The van der Waals surface area contributed by atoms with Gasteiger partial charge in [0, 0.05) is 25.4 Å². The topological polar surface area (TPSA) is 93.2 Å². The summed E-state index contributed by atoms with van der Waals surface area (Å²) in [7, 11) is 0. The van der Waals surface area contributed by atoms with Gasteiger partial charge in [0.15, 0.2) is 5.13 Å². The van der Waals surface area contributed by atoms with Crippen LogP contribution in [0.2, 0.25) is 0 Å². The first-order chi connectivity index (χ1) is 11.6. The van der Waals surface area contributed by atoms with Gasteiger partial charge in [0.2, 0.25) is 5.91 Å². The number of aromatic nitrogens is 2. The number of thiazole rings is 2. The molecule has 0 bridgehead atoms. The molecule has 3 rings (SSSR count). The number of anilines is 1. The van der Waals surface area contributed by atoms with E-state index < -0.39 is 0 Å². The summed E-state index contributed by atoms with van der Waals surface area (Å²) in [6.45, 7) is 5.37. The minimum absolute atomic E-state index is 0.155. The summed E-state index contributed by atoms with van der Waals surface area (Å²) in [5, 5.41) is 9.13. The van der Waals surface area contributed by atoms with Crippen molar-refractivity contribution in [3.05, 3.63) is 16.1 Å². The van der Waals surface area contributed by atoms with Crippen LogP contribution in [0.15, 0.2) is 5.38 Å². The lowest BCUT2D eigenvalue weighted by Crippen LogP contribution is -2.42. The minimum Gasteiger partial charge on any atom is -0.374 e. The van der Waals surface area contributed by atoms with Gasteiger partial charge >= 0.3 is 0 Å². The molecule has 0 radical (unpaired) electrons. The van der Waals surface area contributed by atoms with Gasteiger partial charge in [-0.25, -0.2) is 9.97 Å². The van der Waals surface area contributed by atoms with E-state index in [4.69, 9.17) is 4.74 Å². The van der Waals surface area contributed by atoms with Gasteiger partial charge in [-0.3, -0.25) is 4.79 Å². The maximum Gasteiger partial charge on any atom is 0.223 e. The second-order valence-electron chi connectivity index (χ2n) is 5.46. The van der Waals surface area contributed by atoms with Crippen LogP contribution in [0.3, 0.4) is 0 Å². The zero-order valence-corrected chi connectivity index (χ0v) is 15.0. The van der Waals surface area contributed by atoms with Crippen molar-refractivity contribution in [2.75, 3.05) is 25.0 Å². The number of hydrogen-bond donors (Lipinski definition) is 2. The summed E-state index contributed by atoms with van der Waals surface area (Å²) >= 11 is 2.82. The summed E-state index contributed by atoms with van der Waals surface area (Å²) < 4.78 is 5.69. The molecule has 1 amide bonds. The molecule has 0 saturated carbocycles. The van der Waals surface area contributed by atoms with Gasteiger partial charge in [-0.1, -0.05) is 11.3 Å². The van der Waals surface area contributed by atoms with Gasteiger partial charge in [0.05, 0.1) is 34.9 Å². The molecule has 2 aromatic heterocycles. The van der Waals surface area contributed by atoms with Crippen molar-refractivity contribution in [1.82, 2.24) is 15.3 Å². The lowest BCUT2D eigenvalue weighted by atomic mass is 10.0. The number of morpholine rings is 1. The van der Waals surface area contributed by atoms with Crippen molar-refractivity contribution < 1.29 is 14.3 Å². The summed E-state index contributed by atoms with van der Waals surface area (Å²) in [6.07, 6.45) is 0.718. The number of aldehydes is 1. The Kier molecular flexibility index (Phi) is 5.34. The van der Waals surface area contributed by atoms with Crippen LogP contribution in [0.4, 0.5) is 5.13 Å². The van der Waals surface area contributed by atoms with Crippen LogP contribution in [0.5, 0.6) is 0 Å². The molecule has 2 N–H and O–H groups in total. The van der Waals surface area contributed by atoms with Crippen LogP contribution in [-0.4, -0.2) is 48.0 Å². The molecule has 9 heteroatoms. The number of rotatable bonds is 5. The van der Waals surface area contributed by atoms with Crippen molar-refractivity contribution in [1.29, 1.82) is 0 Å². The highest BCUT2D eigenvalue weighted by molar-refractivity contribution is 7.19. The van der Waals surface area contributed by atoms with Gasteiger partial charge in [0.1, 0.15) is 11.3 Å². The fourth-order valence-corrected chi connectivity index (χ4v) is 4.47. The van der Waals surface area contributed by atoms with Crippen LogP contribution >= 0.6 is 22.7 Å². The highest BCUT2D eigenvalue weighted by Gasteiger charge is 2.28. The van der Waals surface area contributed by atoms with Crippen LogP contribution in [0.1, 0.15) is 23.5 Å². The largest absolute Gasteiger partial charge is 0.374 e. The average Bonchev–Trinajstić information content (AvgIpc) is 3.15. The minimum atomic E-state index is -0.375. The summed E-state index contributed by atoms with van der Waals surface area (Å²) in [5.74, 6) is -0.531. The van der Waals surface area contributed by atoms with E-state index in [1.807, 2.05) is 12.3 Å². The Bertz CT molecular complexity index is 737. The van der Waals surface area contributed by atoms with Gasteiger partial charge in [-0.2, -0.15) is 0 Å². The summed E-state index contributed by atoms with van der Waals surface area (Å²) in [6, 6.07) is 0. The molecule has 1 aliphatic heterocycles. The Balaban J connectivity index is 1.83. The van der Waals surface area contributed by atoms with E-state index in [9.17, 15) is 9.59 Å². The Labute approximate surface area is 147 Å². The number of nitrogens with one attached hydrogen (secondary N) is 2. The van der Waals surface area contributed by atoms with E-state index in [1.165, 1.54) is 29.6 Å². The van der Waals surface area contributed by atoms with Crippen molar-refractivity contribution >= 4 is 40.0 Å². The van der Waals surface area contributed by atoms with Crippen molar-refractivity contribution in [2.45, 2.75) is 25.9 Å². The van der Waals surface area contributed by atoms with Gasteiger partial charge < -0.3 is 20.2 Å². The van der Waals surface area contributed by atoms with Gasteiger partial charge in [-0.15, -0.1) is 11.3 Å². The molecule has 24 heavy (non-hydrogen) atoms. The predicted octanol–water partition coefficient (Wildman–Crippen LogP) is 1.80. The molecule has 2 atom stereocenters. The third-order valence-electron chi connectivity index (χ3n) is 3.62. The standard InChI is InChI=1S/C15H18N4O3S2/c1-8-13(24-15(17-8)18-9(2)21)11-7-23-14(19-11)10(6-20)12-5-16-3-4-22-12/h6-7,10,12,16H,3-5H2,1-2H3,(H,17,18,21). The van der Waals surface area contributed by atoms with Crippen molar-refractivity contribution in [2.24, 2.45) is 0 Å². The molecule has 0 spiro atoms. The Morgan fingerprint density at radius 1 is 1.54 bits per heavy atom. The second-order valence-corrected chi connectivity index (χ2v) is 7.35. The number of carbonyl (C=O) groups excluding carboxylic acids is 2. The number of amides is 1. The highest BCUT2D eigenvalue weighted by Crippen LogP contribution is 2.35. The highest BCUT2D eigenvalue weighted by atomic mass is 32.1. The van der Waals surface area contributed by atoms with Gasteiger partial charge in [-0.05, 0) is 6.92 Å². The SMILES string of the molecule is CC(=O)Nc1nc(C)c(-c2csc(C(C=O)C3CNCCO3)n2)s1. The lowest BCUT2D eigenvalue weighted by molar-refractivity contribution is -0.114. The second kappa shape index (κ2) is 7.47. The maximum absolute atomic E-state index is 11.5. The van der Waals surface area contributed by atoms with Crippen LogP contribution in [0, 0.1) is 6.92 Å². The number of ether oxygens (including phenoxy) is 1. The molecule has 1 fully saturated rings. The first-order valence-electron chi connectivity index (χ1n) is 7.57. The zero-order chi connectivity index (χ0) is 17.1. The number of hydrogen-bond acceptors (Lipinski definition) is 8. The summed E-state index contributed by atoms with van der Waals surface area (Å²) in [4.78, 5) is 32.6. The van der Waals surface area contributed by atoms with E-state index in [0.29, 0.717) is 18.3 Å². The molecule has 0 aliphatic carbocycles. The first-order valence-corrected chi connectivity index (χ1v) is 9.26. The fraction of sp³-hybridized carbons (Fsp3) is 0.467. The van der Waals surface area contributed by atoms with E-state index in [2.05, 4.69) is 20.6 Å². The molecule has 2 aromatic rings. The molecular weight excluding hydrogens is 348 g/mol. The van der Waals surface area contributed by atoms with E-state index in [0.717, 1.165) is 34.1 Å².